The third-order valence-electron chi connectivity index (χ3n) is 4.85. The highest BCUT2D eigenvalue weighted by molar-refractivity contribution is 6.30. The van der Waals surface area contributed by atoms with Crippen LogP contribution in [0.15, 0.2) is 54.9 Å². The van der Waals surface area contributed by atoms with Crippen LogP contribution in [0.25, 0.3) is 16.8 Å². The number of rotatable bonds is 5. The molecule has 0 saturated heterocycles. The average molecular weight is 410 g/mol. The Hall–Kier alpha value is -2.59. The van der Waals surface area contributed by atoms with E-state index in [4.69, 9.17) is 11.6 Å². The fourth-order valence-corrected chi connectivity index (χ4v) is 3.31. The largest absolute Gasteiger partial charge is 0.347 e. The van der Waals surface area contributed by atoms with Crippen molar-refractivity contribution in [3.05, 3.63) is 71.3 Å². The summed E-state index contributed by atoms with van der Waals surface area (Å²) in [5.74, 6) is 1.21. The monoisotopic (exact) mass is 409 g/mol. The Balaban J connectivity index is 2.14. The SMILES string of the molecule is CCC(C)c1nccn1-c1cc(C(=O)NC(C)(C)C)cc(-c2ccc(Cl)cc2)c1. The Bertz CT molecular complexity index is 1000. The molecule has 0 aliphatic rings. The average Bonchev–Trinajstić information content (AvgIpc) is 3.16. The zero-order chi connectivity index (χ0) is 21.2. The zero-order valence-corrected chi connectivity index (χ0v) is 18.4. The van der Waals surface area contributed by atoms with Crippen molar-refractivity contribution in [3.63, 3.8) is 0 Å². The number of carbonyl (C=O) groups is 1. The number of amides is 1. The van der Waals surface area contributed by atoms with Gasteiger partial charge in [0.2, 0.25) is 0 Å². The van der Waals surface area contributed by atoms with Crippen LogP contribution in [0.5, 0.6) is 0 Å². The predicted molar refractivity (Wildman–Crippen MR) is 120 cm³/mol. The maximum Gasteiger partial charge on any atom is 0.251 e. The second-order valence-electron chi connectivity index (χ2n) is 8.44. The van der Waals surface area contributed by atoms with Gasteiger partial charge in [0.05, 0.1) is 0 Å². The summed E-state index contributed by atoms with van der Waals surface area (Å²) in [5, 5.41) is 3.74. The van der Waals surface area contributed by atoms with Gasteiger partial charge in [-0.15, -0.1) is 0 Å². The van der Waals surface area contributed by atoms with Gasteiger partial charge in [-0.3, -0.25) is 4.79 Å². The van der Waals surface area contributed by atoms with Crippen molar-refractivity contribution in [3.8, 4) is 16.8 Å². The van der Waals surface area contributed by atoms with Gasteiger partial charge in [0, 0.05) is 40.1 Å². The molecule has 5 heteroatoms. The molecule has 0 saturated carbocycles. The van der Waals surface area contributed by atoms with Gasteiger partial charge in [-0.1, -0.05) is 37.6 Å². The minimum atomic E-state index is -0.315. The second-order valence-corrected chi connectivity index (χ2v) is 8.88. The molecule has 152 valence electrons. The van der Waals surface area contributed by atoms with Crippen molar-refractivity contribution >= 4 is 17.5 Å². The van der Waals surface area contributed by atoms with Gasteiger partial charge in [0.25, 0.3) is 5.91 Å². The quantitative estimate of drug-likeness (QED) is 0.542. The molecule has 4 nitrogen and oxygen atoms in total. The second kappa shape index (κ2) is 8.42. The Morgan fingerprint density at radius 1 is 1.14 bits per heavy atom. The molecule has 0 spiro atoms. The van der Waals surface area contributed by atoms with Crippen LogP contribution >= 0.6 is 11.6 Å². The summed E-state index contributed by atoms with van der Waals surface area (Å²) >= 11 is 6.06. The van der Waals surface area contributed by atoms with E-state index >= 15 is 0 Å². The Morgan fingerprint density at radius 2 is 1.83 bits per heavy atom. The Kier molecular flexibility index (Phi) is 6.13. The van der Waals surface area contributed by atoms with E-state index in [1.807, 2.05) is 69.6 Å². The van der Waals surface area contributed by atoms with Crippen LogP contribution in [0.4, 0.5) is 0 Å². The lowest BCUT2D eigenvalue weighted by Gasteiger charge is -2.21. The molecule has 0 fully saturated rings. The lowest BCUT2D eigenvalue weighted by molar-refractivity contribution is 0.0919. The van der Waals surface area contributed by atoms with E-state index in [0.29, 0.717) is 16.5 Å². The van der Waals surface area contributed by atoms with E-state index in [1.54, 1.807) is 0 Å². The van der Waals surface area contributed by atoms with Crippen LogP contribution in [0.3, 0.4) is 0 Å². The molecule has 0 aliphatic carbocycles. The van der Waals surface area contributed by atoms with Crippen LogP contribution < -0.4 is 5.32 Å². The van der Waals surface area contributed by atoms with Gasteiger partial charge in [0.15, 0.2) is 0 Å². The lowest BCUT2D eigenvalue weighted by Crippen LogP contribution is -2.40. The minimum absolute atomic E-state index is 0.0974. The van der Waals surface area contributed by atoms with E-state index in [0.717, 1.165) is 29.1 Å². The number of imidazole rings is 1. The van der Waals surface area contributed by atoms with Crippen molar-refractivity contribution in [2.75, 3.05) is 0 Å². The van der Waals surface area contributed by atoms with E-state index in [1.165, 1.54) is 0 Å². The molecule has 3 aromatic rings. The summed E-state index contributed by atoms with van der Waals surface area (Å²) in [6, 6.07) is 13.6. The third kappa shape index (κ3) is 5.07. The third-order valence-corrected chi connectivity index (χ3v) is 5.10. The fraction of sp³-hybridized carbons (Fsp3) is 0.333. The van der Waals surface area contributed by atoms with Crippen molar-refractivity contribution < 1.29 is 4.79 Å². The number of aromatic nitrogens is 2. The maximum atomic E-state index is 12.9. The zero-order valence-electron chi connectivity index (χ0n) is 17.7. The predicted octanol–water partition coefficient (Wildman–Crippen LogP) is 6.23. The van der Waals surface area contributed by atoms with Crippen LogP contribution in [-0.2, 0) is 0 Å². The highest BCUT2D eigenvalue weighted by atomic mass is 35.5. The first kappa shape index (κ1) is 21.1. The normalized spacial score (nSPS) is 12.6. The Morgan fingerprint density at radius 3 is 2.45 bits per heavy atom. The number of hydrogen-bond acceptors (Lipinski definition) is 2. The molecule has 1 unspecified atom stereocenters. The van der Waals surface area contributed by atoms with Gasteiger partial charge in [-0.05, 0) is 68.7 Å². The number of carbonyl (C=O) groups excluding carboxylic acids is 1. The molecule has 0 bridgehead atoms. The molecule has 1 N–H and O–H groups in total. The smallest absolute Gasteiger partial charge is 0.251 e. The summed E-state index contributed by atoms with van der Waals surface area (Å²) in [4.78, 5) is 17.5. The first-order valence-corrected chi connectivity index (χ1v) is 10.3. The molecule has 1 amide bonds. The fourth-order valence-electron chi connectivity index (χ4n) is 3.18. The molecule has 1 heterocycles. The lowest BCUT2D eigenvalue weighted by atomic mass is 10.00. The minimum Gasteiger partial charge on any atom is -0.347 e. The molecule has 1 aromatic heterocycles. The van der Waals surface area contributed by atoms with Crippen LogP contribution in [0, 0.1) is 0 Å². The summed E-state index contributed by atoms with van der Waals surface area (Å²) < 4.78 is 2.07. The first-order valence-electron chi connectivity index (χ1n) is 9.95. The number of benzene rings is 2. The molecule has 0 aliphatic heterocycles. The van der Waals surface area contributed by atoms with Crippen LogP contribution in [0.1, 0.15) is 63.1 Å². The molecule has 3 rings (SSSR count). The topological polar surface area (TPSA) is 46.9 Å². The van der Waals surface area contributed by atoms with Gasteiger partial charge in [-0.25, -0.2) is 4.98 Å². The first-order chi connectivity index (χ1) is 13.7. The van der Waals surface area contributed by atoms with Crippen molar-refractivity contribution in [2.24, 2.45) is 0 Å². The van der Waals surface area contributed by atoms with Crippen molar-refractivity contribution in [2.45, 2.75) is 52.5 Å². The van der Waals surface area contributed by atoms with Crippen LogP contribution in [0.2, 0.25) is 5.02 Å². The molecule has 0 radical (unpaired) electrons. The van der Waals surface area contributed by atoms with E-state index < -0.39 is 0 Å². The number of nitrogens with zero attached hydrogens (tertiary/aromatic N) is 2. The highest BCUT2D eigenvalue weighted by Crippen LogP contribution is 2.28. The molecule has 29 heavy (non-hydrogen) atoms. The van der Waals surface area contributed by atoms with Crippen molar-refractivity contribution in [1.82, 2.24) is 14.9 Å². The molecule has 2 aromatic carbocycles. The molecule has 1 atom stereocenters. The van der Waals surface area contributed by atoms with Gasteiger partial charge in [0.1, 0.15) is 5.82 Å². The Labute approximate surface area is 177 Å². The maximum absolute atomic E-state index is 12.9. The van der Waals surface area contributed by atoms with Gasteiger partial charge < -0.3 is 9.88 Å². The summed E-state index contributed by atoms with van der Waals surface area (Å²) in [5.41, 5.74) is 3.19. The summed E-state index contributed by atoms with van der Waals surface area (Å²) in [7, 11) is 0. The van der Waals surface area contributed by atoms with E-state index in [9.17, 15) is 4.79 Å². The van der Waals surface area contributed by atoms with Crippen molar-refractivity contribution in [1.29, 1.82) is 0 Å². The number of hydrogen-bond donors (Lipinski definition) is 1. The molecular weight excluding hydrogens is 382 g/mol. The van der Waals surface area contributed by atoms with E-state index in [-0.39, 0.29) is 11.4 Å². The van der Waals surface area contributed by atoms with Gasteiger partial charge in [-0.2, -0.15) is 0 Å². The van der Waals surface area contributed by atoms with E-state index in [2.05, 4.69) is 34.8 Å². The summed E-state index contributed by atoms with van der Waals surface area (Å²) in [6.45, 7) is 10.2. The number of nitrogens with one attached hydrogen (secondary N) is 1. The van der Waals surface area contributed by atoms with Crippen LogP contribution in [-0.4, -0.2) is 21.0 Å². The highest BCUT2D eigenvalue weighted by Gasteiger charge is 2.18. The number of halogens is 1. The molecular formula is C24H28ClN3O. The standard InChI is InChI=1S/C24H28ClN3O/c1-6-16(2)22-26-11-12-28(22)21-14-18(17-7-9-20(25)10-8-17)13-19(15-21)23(29)27-24(3,4)5/h7-16H,6H2,1-5H3,(H,27,29). The summed E-state index contributed by atoms with van der Waals surface area (Å²) in [6.07, 6.45) is 4.75. The van der Waals surface area contributed by atoms with Gasteiger partial charge >= 0.3 is 0 Å².